The molecule has 1 unspecified atom stereocenters. The van der Waals surface area contributed by atoms with Crippen LogP contribution in [0.5, 0.6) is 0 Å². The molecule has 0 aliphatic rings. The number of halogens is 3. The molecule has 0 radical (unpaired) electrons. The molecule has 0 fully saturated rings. The lowest BCUT2D eigenvalue weighted by Gasteiger charge is -2.32. The van der Waals surface area contributed by atoms with Gasteiger partial charge in [0, 0.05) is 18.5 Å². The zero-order valence-corrected chi connectivity index (χ0v) is 12.1. The lowest BCUT2D eigenvalue weighted by atomic mass is 10.0. The van der Waals surface area contributed by atoms with Crippen LogP contribution in [0.25, 0.3) is 0 Å². The fourth-order valence-corrected chi connectivity index (χ4v) is 1.90. The van der Waals surface area contributed by atoms with E-state index in [-0.39, 0.29) is 18.4 Å². The van der Waals surface area contributed by atoms with Gasteiger partial charge in [0.25, 0.3) is 0 Å². The van der Waals surface area contributed by atoms with Crippen LogP contribution in [0, 0.1) is 5.92 Å². The summed E-state index contributed by atoms with van der Waals surface area (Å²) in [5.74, 6) is -0.439. The van der Waals surface area contributed by atoms with Crippen molar-refractivity contribution in [1.82, 2.24) is 4.90 Å². The Balaban J connectivity index is 4.87. The average Bonchev–Trinajstić information content (AvgIpc) is 2.27. The molecule has 0 bridgehead atoms. The van der Waals surface area contributed by atoms with E-state index in [1.54, 1.807) is 13.8 Å². The Bertz CT molecular complexity index is 276. The summed E-state index contributed by atoms with van der Waals surface area (Å²) in [5, 5.41) is 0. The minimum absolute atomic E-state index is 0.0375. The highest BCUT2D eigenvalue weighted by molar-refractivity contribution is 5.77. The molecule has 0 heterocycles. The number of nitrogens with zero attached hydrogens (tertiary/aromatic N) is 1. The molecule has 0 spiro atoms. The van der Waals surface area contributed by atoms with Gasteiger partial charge in [0.1, 0.15) is 6.54 Å². The first-order chi connectivity index (χ1) is 8.62. The van der Waals surface area contributed by atoms with E-state index < -0.39 is 24.7 Å². The highest BCUT2D eigenvalue weighted by Gasteiger charge is 2.35. The van der Waals surface area contributed by atoms with Crippen LogP contribution in [-0.2, 0) is 4.79 Å². The van der Waals surface area contributed by atoms with Crippen LogP contribution in [0.2, 0.25) is 0 Å². The summed E-state index contributed by atoms with van der Waals surface area (Å²) >= 11 is 0. The second kappa shape index (κ2) is 7.72. The smallest absolute Gasteiger partial charge is 0.331 e. The first-order valence-corrected chi connectivity index (χ1v) is 6.74. The Morgan fingerprint density at radius 3 is 2.00 bits per heavy atom. The summed E-state index contributed by atoms with van der Waals surface area (Å²) in [5.41, 5.74) is 5.77. The van der Waals surface area contributed by atoms with Gasteiger partial charge in [-0.25, -0.2) is 0 Å². The molecular formula is C13H25F3N2O. The molecular weight excluding hydrogens is 257 g/mol. The predicted molar refractivity (Wildman–Crippen MR) is 69.6 cm³/mol. The van der Waals surface area contributed by atoms with Crippen molar-refractivity contribution in [1.29, 1.82) is 0 Å². The third kappa shape index (κ3) is 6.80. The molecule has 0 aromatic carbocycles. The van der Waals surface area contributed by atoms with E-state index in [2.05, 4.69) is 0 Å². The van der Waals surface area contributed by atoms with Crippen molar-refractivity contribution in [3.05, 3.63) is 0 Å². The van der Waals surface area contributed by atoms with Crippen molar-refractivity contribution in [3.8, 4) is 0 Å². The summed E-state index contributed by atoms with van der Waals surface area (Å²) in [7, 11) is 0. The number of hydrogen-bond donors (Lipinski definition) is 1. The minimum Gasteiger partial charge on any atom is -0.331 e. The van der Waals surface area contributed by atoms with Gasteiger partial charge in [0.15, 0.2) is 0 Å². The summed E-state index contributed by atoms with van der Waals surface area (Å²) < 4.78 is 37.7. The largest absolute Gasteiger partial charge is 0.406 e. The molecule has 6 heteroatoms. The second-order valence-electron chi connectivity index (χ2n) is 5.22. The number of rotatable bonds is 7. The third-order valence-corrected chi connectivity index (χ3v) is 3.32. The van der Waals surface area contributed by atoms with Crippen molar-refractivity contribution >= 4 is 5.91 Å². The maximum Gasteiger partial charge on any atom is 0.406 e. The van der Waals surface area contributed by atoms with Crippen LogP contribution in [0.4, 0.5) is 13.2 Å². The fourth-order valence-electron chi connectivity index (χ4n) is 1.90. The van der Waals surface area contributed by atoms with Crippen LogP contribution in [-0.4, -0.2) is 35.6 Å². The fraction of sp³-hybridized carbons (Fsp3) is 0.923. The number of carbonyl (C=O) groups excluding carboxylic acids is 1. The van der Waals surface area contributed by atoms with Gasteiger partial charge in [0.2, 0.25) is 5.91 Å². The Morgan fingerprint density at radius 1 is 1.21 bits per heavy atom. The Labute approximate surface area is 113 Å². The van der Waals surface area contributed by atoms with E-state index in [1.807, 2.05) is 13.8 Å². The number of nitrogens with two attached hydrogens (primary N) is 1. The second-order valence-corrected chi connectivity index (χ2v) is 5.22. The van der Waals surface area contributed by atoms with Gasteiger partial charge in [-0.3, -0.25) is 4.79 Å². The van der Waals surface area contributed by atoms with Gasteiger partial charge >= 0.3 is 6.18 Å². The molecule has 1 amide bonds. The molecule has 114 valence electrons. The summed E-state index contributed by atoms with van der Waals surface area (Å²) in [6.07, 6.45) is -3.39. The predicted octanol–water partition coefficient (Wildman–Crippen LogP) is 2.94. The van der Waals surface area contributed by atoms with Gasteiger partial charge in [0.05, 0.1) is 0 Å². The molecule has 0 aliphatic carbocycles. The third-order valence-electron chi connectivity index (χ3n) is 3.32. The minimum atomic E-state index is -4.37. The van der Waals surface area contributed by atoms with Gasteiger partial charge in [-0.1, -0.05) is 27.7 Å². The van der Waals surface area contributed by atoms with E-state index in [0.717, 1.165) is 4.90 Å². The van der Waals surface area contributed by atoms with Crippen LogP contribution >= 0.6 is 0 Å². The van der Waals surface area contributed by atoms with Crippen molar-refractivity contribution in [3.63, 3.8) is 0 Å². The molecule has 19 heavy (non-hydrogen) atoms. The van der Waals surface area contributed by atoms with E-state index >= 15 is 0 Å². The lowest BCUT2D eigenvalue weighted by molar-refractivity contribution is -0.166. The van der Waals surface area contributed by atoms with Crippen LogP contribution < -0.4 is 5.73 Å². The monoisotopic (exact) mass is 282 g/mol. The Morgan fingerprint density at radius 2 is 1.68 bits per heavy atom. The first-order valence-electron chi connectivity index (χ1n) is 6.74. The number of hydrogen-bond acceptors (Lipinski definition) is 2. The van der Waals surface area contributed by atoms with E-state index in [0.29, 0.717) is 12.8 Å². The highest BCUT2D eigenvalue weighted by atomic mass is 19.4. The molecule has 1 atom stereocenters. The molecule has 0 aliphatic heterocycles. The SMILES string of the molecule is CCC(CC)N(CC(F)(F)F)C(=O)CC(N)C(C)C. The number of alkyl halides is 3. The van der Waals surface area contributed by atoms with Crippen molar-refractivity contribution in [2.75, 3.05) is 6.54 Å². The van der Waals surface area contributed by atoms with Crippen molar-refractivity contribution < 1.29 is 18.0 Å². The zero-order chi connectivity index (χ0) is 15.2. The van der Waals surface area contributed by atoms with Gasteiger partial charge in [-0.15, -0.1) is 0 Å². The number of amides is 1. The van der Waals surface area contributed by atoms with Crippen LogP contribution in [0.15, 0.2) is 0 Å². The van der Waals surface area contributed by atoms with Gasteiger partial charge in [-0.05, 0) is 18.8 Å². The van der Waals surface area contributed by atoms with E-state index in [9.17, 15) is 18.0 Å². The summed E-state index contributed by atoms with van der Waals surface area (Å²) in [4.78, 5) is 13.0. The Kier molecular flexibility index (Phi) is 7.41. The van der Waals surface area contributed by atoms with Crippen LogP contribution in [0.3, 0.4) is 0 Å². The molecule has 0 aromatic heterocycles. The topological polar surface area (TPSA) is 46.3 Å². The summed E-state index contributed by atoms with van der Waals surface area (Å²) in [6.45, 7) is 6.08. The highest BCUT2D eigenvalue weighted by Crippen LogP contribution is 2.21. The molecule has 0 saturated heterocycles. The lowest BCUT2D eigenvalue weighted by Crippen LogP contribution is -2.47. The molecule has 3 nitrogen and oxygen atoms in total. The quantitative estimate of drug-likeness (QED) is 0.780. The standard InChI is InChI=1S/C13H25F3N2O/c1-5-10(6-2)18(8-13(14,15)16)12(19)7-11(17)9(3)4/h9-11H,5-8,17H2,1-4H3. The van der Waals surface area contributed by atoms with E-state index in [1.165, 1.54) is 0 Å². The average molecular weight is 282 g/mol. The molecule has 0 aromatic rings. The summed E-state index contributed by atoms with van der Waals surface area (Å²) in [6, 6.07) is -0.786. The van der Waals surface area contributed by atoms with E-state index in [4.69, 9.17) is 5.73 Å². The zero-order valence-electron chi connectivity index (χ0n) is 12.1. The van der Waals surface area contributed by atoms with Crippen LogP contribution in [0.1, 0.15) is 47.0 Å². The maximum atomic E-state index is 12.6. The molecule has 2 N–H and O–H groups in total. The molecule has 0 saturated carbocycles. The number of carbonyl (C=O) groups is 1. The van der Waals surface area contributed by atoms with Crippen molar-refractivity contribution in [2.45, 2.75) is 65.2 Å². The van der Waals surface area contributed by atoms with Crippen molar-refractivity contribution in [2.24, 2.45) is 11.7 Å². The Hall–Kier alpha value is -0.780. The molecule has 0 rings (SSSR count). The van der Waals surface area contributed by atoms with Gasteiger partial charge in [-0.2, -0.15) is 13.2 Å². The maximum absolute atomic E-state index is 12.6. The van der Waals surface area contributed by atoms with Gasteiger partial charge < -0.3 is 10.6 Å². The first kappa shape index (κ1) is 18.2. The normalized spacial score (nSPS) is 14.0.